The van der Waals surface area contributed by atoms with Crippen molar-refractivity contribution in [3.8, 4) is 5.75 Å². The number of rotatable bonds is 2. The van der Waals surface area contributed by atoms with Gasteiger partial charge < -0.3 is 24.8 Å². The quantitative estimate of drug-likeness (QED) is 0.264. The molecule has 9 heterocycles. The van der Waals surface area contributed by atoms with E-state index in [0.717, 1.165) is 85.5 Å². The number of ether oxygens (including phenoxy) is 2. The molecule has 6 saturated heterocycles. The van der Waals surface area contributed by atoms with Gasteiger partial charge in [0.05, 0.1) is 38.2 Å². The summed E-state index contributed by atoms with van der Waals surface area (Å²) in [5.74, 6) is 0.827. The Morgan fingerprint density at radius 2 is 2.02 bits per heavy atom. The number of benzene rings is 2. The minimum Gasteiger partial charge on any atom is -0.467 e. The first-order valence-corrected chi connectivity index (χ1v) is 18.8. The van der Waals surface area contributed by atoms with Crippen LogP contribution in [0.4, 0.5) is 11.4 Å². The largest absolute Gasteiger partial charge is 0.467 e. The molecule has 9 aliphatic rings. The number of methoxy groups -OCH3 is 1. The van der Waals surface area contributed by atoms with Crippen LogP contribution in [0.25, 0.3) is 0 Å². The van der Waals surface area contributed by atoms with E-state index in [4.69, 9.17) is 9.47 Å². The molecule has 8 heteroatoms. The van der Waals surface area contributed by atoms with E-state index in [1.54, 1.807) is 0 Å². The molecule has 0 aliphatic carbocycles. The van der Waals surface area contributed by atoms with Crippen LogP contribution in [0, 0.1) is 11.3 Å². The molecule has 0 aromatic heterocycles. The van der Waals surface area contributed by atoms with Crippen molar-refractivity contribution in [1.82, 2.24) is 4.90 Å². The molecule has 2 aromatic carbocycles. The van der Waals surface area contributed by atoms with E-state index in [0.29, 0.717) is 5.41 Å². The number of para-hydroxylation sites is 1. The lowest BCUT2D eigenvalue weighted by atomic mass is 9.57. The molecular formula is C40H49N4O4+. The van der Waals surface area contributed by atoms with E-state index in [2.05, 4.69) is 71.4 Å². The van der Waals surface area contributed by atoms with Crippen molar-refractivity contribution in [2.24, 2.45) is 11.3 Å². The molecule has 9 atom stereocenters. The second-order valence-corrected chi connectivity index (χ2v) is 17.2. The van der Waals surface area contributed by atoms with Crippen molar-refractivity contribution in [2.45, 2.75) is 106 Å². The molecule has 252 valence electrons. The van der Waals surface area contributed by atoms with Crippen LogP contribution in [0.5, 0.6) is 5.75 Å². The second-order valence-electron chi connectivity index (χ2n) is 17.2. The highest BCUT2D eigenvalue weighted by molar-refractivity contribution is 5.86. The normalized spacial score (nSPS) is 46.0. The Labute approximate surface area is 283 Å². The average molecular weight is 650 g/mol. The Morgan fingerprint density at radius 3 is 2.85 bits per heavy atom. The van der Waals surface area contributed by atoms with E-state index in [1.165, 1.54) is 56.0 Å². The molecule has 48 heavy (non-hydrogen) atoms. The number of quaternary nitrogens is 1. The summed E-state index contributed by atoms with van der Waals surface area (Å²) in [5, 5.41) is 17.1. The van der Waals surface area contributed by atoms with Gasteiger partial charge in [0.1, 0.15) is 11.8 Å². The molecule has 6 fully saturated rings. The van der Waals surface area contributed by atoms with Gasteiger partial charge in [-0.05, 0) is 75.1 Å². The topological polar surface area (TPSA) is 74.3 Å². The number of nitrogens with zero attached hydrogens (tertiary/aromatic N) is 3. The van der Waals surface area contributed by atoms with Gasteiger partial charge in [0.15, 0.2) is 5.60 Å². The average Bonchev–Trinajstić information content (AvgIpc) is 3.61. The third-order valence-electron chi connectivity index (χ3n) is 16.1. The van der Waals surface area contributed by atoms with Gasteiger partial charge in [0.2, 0.25) is 11.4 Å². The molecule has 0 saturated carbocycles. The summed E-state index contributed by atoms with van der Waals surface area (Å²) in [4.78, 5) is 19.0. The summed E-state index contributed by atoms with van der Waals surface area (Å²) < 4.78 is 14.3. The van der Waals surface area contributed by atoms with Gasteiger partial charge >= 0.3 is 5.97 Å². The Morgan fingerprint density at radius 1 is 1.15 bits per heavy atom. The number of anilines is 2. The van der Waals surface area contributed by atoms with Gasteiger partial charge in [-0.1, -0.05) is 36.8 Å². The Bertz CT molecular complexity index is 1840. The van der Waals surface area contributed by atoms with E-state index in [1.807, 2.05) is 0 Å². The fourth-order valence-electron chi connectivity index (χ4n) is 14.0. The molecule has 1 unspecified atom stereocenters. The number of aliphatic hydroxyl groups is 1. The highest BCUT2D eigenvalue weighted by atomic mass is 16.5. The lowest BCUT2D eigenvalue weighted by Crippen LogP contribution is -2.83. The number of carbonyl (C=O) groups excluding carboxylic acids is 1. The zero-order chi connectivity index (χ0) is 32.5. The molecule has 0 radical (unpaired) electrons. The standard InChI is InChI=1S/C40H49N4O4/c1-4-25-23-42-16-14-37-22-26-19-29-30(41-39-13-12-36(5-2)11-8-17-44(39,24-36)18-15-38(29,39)46)21-32(26)48-40(37)33(42)20-27(25)34(35(45)47-3)43(40)31-10-7-6-9-28(31)37/h4,6-7,9-10,19,21,27,33-34,41,46H,5,8,11-18,20,22-24H2,1-3H3/q+1/b25-4-/t27-,33-,34-,36+,37+,38?,39-,40+,44-/m0/s1. The van der Waals surface area contributed by atoms with Crippen LogP contribution in [0.15, 0.2) is 48.0 Å². The highest BCUT2D eigenvalue weighted by Crippen LogP contribution is 2.70. The molecule has 2 N–H and O–H groups in total. The molecular weight excluding hydrogens is 600 g/mol. The smallest absolute Gasteiger partial charge is 0.329 e. The molecule has 9 aliphatic heterocycles. The number of hydrogen-bond acceptors (Lipinski definition) is 7. The lowest BCUT2D eigenvalue weighted by Gasteiger charge is -2.68. The zero-order valence-electron chi connectivity index (χ0n) is 28.7. The van der Waals surface area contributed by atoms with E-state index in [-0.39, 0.29) is 29.0 Å². The molecule has 4 bridgehead atoms. The molecule has 0 amide bonds. The predicted octanol–water partition coefficient (Wildman–Crippen LogP) is 5.19. The van der Waals surface area contributed by atoms with Crippen LogP contribution in [0.2, 0.25) is 0 Å². The Kier molecular flexibility index (Phi) is 5.27. The van der Waals surface area contributed by atoms with Crippen LogP contribution < -0.4 is 15.0 Å². The molecule has 3 spiro atoms. The van der Waals surface area contributed by atoms with Crippen LogP contribution in [-0.4, -0.2) is 83.8 Å². The molecule has 11 rings (SSSR count). The van der Waals surface area contributed by atoms with E-state index >= 15 is 0 Å². The lowest BCUT2D eigenvalue weighted by molar-refractivity contribution is -0.981. The molecule has 2 aromatic rings. The first-order valence-electron chi connectivity index (χ1n) is 18.8. The Balaban J connectivity index is 1.09. The van der Waals surface area contributed by atoms with Gasteiger partial charge in [-0.2, -0.15) is 0 Å². The highest BCUT2D eigenvalue weighted by Gasteiger charge is 2.79. The van der Waals surface area contributed by atoms with Crippen LogP contribution in [0.1, 0.15) is 81.9 Å². The van der Waals surface area contributed by atoms with Crippen LogP contribution in [-0.2, 0) is 27.0 Å². The first kappa shape index (κ1) is 28.7. The number of esters is 1. The first-order chi connectivity index (χ1) is 23.2. The SMILES string of the molecule is C/C=C1/CN2CC[C@]34Cc5cc6c(cc5O[C@]35[C@@H]2C[C@@H]1[C@@H](C(=O)OC)N5c1ccccc14)N[C@@]12CC[C@@]3(CC)CCC[N@+]1(CCC62O)C3. The summed E-state index contributed by atoms with van der Waals surface area (Å²) in [6.07, 6.45) is 11.7. The Hall–Kier alpha value is -3.07. The monoisotopic (exact) mass is 649 g/mol. The third-order valence-corrected chi connectivity index (χ3v) is 16.1. The maximum Gasteiger partial charge on any atom is 0.329 e. The maximum absolute atomic E-state index is 14.0. The summed E-state index contributed by atoms with van der Waals surface area (Å²) >= 11 is 0. The van der Waals surface area contributed by atoms with Gasteiger partial charge in [-0.3, -0.25) is 9.38 Å². The van der Waals surface area contributed by atoms with Crippen molar-refractivity contribution in [2.75, 3.05) is 50.1 Å². The van der Waals surface area contributed by atoms with E-state index in [9.17, 15) is 9.90 Å². The minimum absolute atomic E-state index is 0.0849. The number of fused-ring (bicyclic) bond motifs is 7. The fraction of sp³-hybridized carbons (Fsp3) is 0.625. The summed E-state index contributed by atoms with van der Waals surface area (Å²) in [6.45, 7) is 9.76. The van der Waals surface area contributed by atoms with Crippen molar-refractivity contribution in [3.63, 3.8) is 0 Å². The minimum atomic E-state index is -0.884. The summed E-state index contributed by atoms with van der Waals surface area (Å²) in [7, 11) is 1.53. The maximum atomic E-state index is 14.0. The summed E-state index contributed by atoms with van der Waals surface area (Å²) in [5.41, 5.74) is 5.23. The zero-order valence-corrected chi connectivity index (χ0v) is 28.7. The fourth-order valence-corrected chi connectivity index (χ4v) is 14.0. The van der Waals surface area contributed by atoms with Crippen molar-refractivity contribution >= 4 is 17.3 Å². The number of hydrogen-bond donors (Lipinski definition) is 2. The van der Waals surface area contributed by atoms with Gasteiger partial charge in [0.25, 0.3) is 0 Å². The van der Waals surface area contributed by atoms with Crippen molar-refractivity contribution < 1.29 is 23.9 Å². The summed E-state index contributed by atoms with van der Waals surface area (Å²) in [6, 6.07) is 13.1. The van der Waals surface area contributed by atoms with Gasteiger partial charge in [0, 0.05) is 60.3 Å². The van der Waals surface area contributed by atoms with Crippen molar-refractivity contribution in [1.29, 1.82) is 0 Å². The predicted molar refractivity (Wildman–Crippen MR) is 183 cm³/mol. The second kappa shape index (κ2) is 8.80. The molecule has 8 nitrogen and oxygen atoms in total. The number of nitrogens with one attached hydrogen (secondary N) is 1. The van der Waals surface area contributed by atoms with E-state index < -0.39 is 17.4 Å². The number of piperidine rings is 5. The van der Waals surface area contributed by atoms with Crippen molar-refractivity contribution in [3.05, 3.63) is 64.7 Å². The number of carbonyl (C=O) groups is 1. The van der Waals surface area contributed by atoms with Crippen LogP contribution >= 0.6 is 0 Å². The van der Waals surface area contributed by atoms with Gasteiger partial charge in [-0.15, -0.1) is 0 Å². The third kappa shape index (κ3) is 2.84. The number of allylic oxidation sites excluding steroid dienone is 1. The van der Waals surface area contributed by atoms with Gasteiger partial charge in [-0.25, -0.2) is 4.79 Å². The van der Waals surface area contributed by atoms with Crippen LogP contribution in [0.3, 0.4) is 0 Å².